The molecule has 74 valence electrons. The SMILES string of the molecule is OC1(c2cc(Cl)cc3c2CCC3)CC1. The van der Waals surface area contributed by atoms with Gasteiger partial charge in [-0.05, 0) is 60.9 Å². The summed E-state index contributed by atoms with van der Waals surface area (Å²) < 4.78 is 0. The van der Waals surface area contributed by atoms with Crippen LogP contribution in [0, 0.1) is 0 Å². The Balaban J connectivity index is 2.19. The Bertz CT molecular complexity index is 394. The van der Waals surface area contributed by atoms with Gasteiger partial charge in [-0.1, -0.05) is 11.6 Å². The van der Waals surface area contributed by atoms with E-state index in [0.29, 0.717) is 0 Å². The Morgan fingerprint density at radius 2 is 2.00 bits per heavy atom. The first kappa shape index (κ1) is 8.75. The molecule has 2 aliphatic carbocycles. The second kappa shape index (κ2) is 2.74. The molecule has 0 atom stereocenters. The number of rotatable bonds is 1. The molecule has 1 N–H and O–H groups in total. The third-order valence-corrected chi connectivity index (χ3v) is 3.62. The van der Waals surface area contributed by atoms with Crippen LogP contribution in [0.4, 0.5) is 0 Å². The molecule has 2 heteroatoms. The summed E-state index contributed by atoms with van der Waals surface area (Å²) in [6.07, 6.45) is 5.25. The van der Waals surface area contributed by atoms with Gasteiger partial charge in [0.2, 0.25) is 0 Å². The fourth-order valence-electron chi connectivity index (χ4n) is 2.47. The van der Waals surface area contributed by atoms with Crippen LogP contribution in [0.3, 0.4) is 0 Å². The minimum Gasteiger partial charge on any atom is -0.385 e. The van der Waals surface area contributed by atoms with Crippen LogP contribution in [0.25, 0.3) is 0 Å². The summed E-state index contributed by atoms with van der Waals surface area (Å²) >= 11 is 6.05. The summed E-state index contributed by atoms with van der Waals surface area (Å²) in [6, 6.07) is 4.01. The predicted octanol–water partition coefficient (Wildman–Crippen LogP) is 2.81. The summed E-state index contributed by atoms with van der Waals surface area (Å²) in [4.78, 5) is 0. The summed E-state index contributed by atoms with van der Waals surface area (Å²) in [5, 5.41) is 10.9. The van der Waals surface area contributed by atoms with E-state index in [-0.39, 0.29) is 0 Å². The van der Waals surface area contributed by atoms with Gasteiger partial charge < -0.3 is 5.11 Å². The van der Waals surface area contributed by atoms with Crippen LogP contribution < -0.4 is 0 Å². The Kier molecular flexibility index (Phi) is 1.71. The molecule has 0 saturated heterocycles. The molecule has 1 fully saturated rings. The Morgan fingerprint density at radius 1 is 1.21 bits per heavy atom. The number of fused-ring (bicyclic) bond motifs is 1. The zero-order valence-electron chi connectivity index (χ0n) is 8.02. The lowest BCUT2D eigenvalue weighted by Crippen LogP contribution is -2.08. The van der Waals surface area contributed by atoms with Crippen LogP contribution in [0.15, 0.2) is 12.1 Å². The van der Waals surface area contributed by atoms with Crippen LogP contribution in [0.1, 0.15) is 36.0 Å². The number of halogens is 1. The Labute approximate surface area is 88.7 Å². The van der Waals surface area contributed by atoms with E-state index >= 15 is 0 Å². The maximum atomic E-state index is 10.1. The van der Waals surface area contributed by atoms with Crippen molar-refractivity contribution in [2.45, 2.75) is 37.7 Å². The molecule has 0 aliphatic heterocycles. The lowest BCUT2D eigenvalue weighted by molar-refractivity contribution is 0.150. The molecule has 1 nitrogen and oxygen atoms in total. The number of aryl methyl sites for hydroxylation is 1. The molecule has 0 bridgehead atoms. The van der Waals surface area contributed by atoms with Crippen molar-refractivity contribution in [3.8, 4) is 0 Å². The molecule has 1 aromatic carbocycles. The highest BCUT2D eigenvalue weighted by atomic mass is 35.5. The third kappa shape index (κ3) is 1.19. The molecule has 0 amide bonds. The van der Waals surface area contributed by atoms with Crippen molar-refractivity contribution >= 4 is 11.6 Å². The normalized spacial score (nSPS) is 22.1. The molecular weight excluding hydrogens is 196 g/mol. The number of hydrogen-bond donors (Lipinski definition) is 1. The van der Waals surface area contributed by atoms with E-state index in [1.165, 1.54) is 17.5 Å². The maximum Gasteiger partial charge on any atom is 0.0902 e. The largest absolute Gasteiger partial charge is 0.385 e. The Hall–Kier alpha value is -0.530. The van der Waals surface area contributed by atoms with Gasteiger partial charge >= 0.3 is 0 Å². The van der Waals surface area contributed by atoms with Crippen LogP contribution in [-0.2, 0) is 18.4 Å². The molecule has 3 rings (SSSR count). The van der Waals surface area contributed by atoms with E-state index in [4.69, 9.17) is 11.6 Å². The molecule has 0 spiro atoms. The van der Waals surface area contributed by atoms with Crippen molar-refractivity contribution in [1.29, 1.82) is 0 Å². The van der Waals surface area contributed by atoms with Crippen molar-refractivity contribution in [3.63, 3.8) is 0 Å². The first-order valence-electron chi connectivity index (χ1n) is 5.23. The molecule has 0 radical (unpaired) electrons. The van der Waals surface area contributed by atoms with Gasteiger partial charge in [-0.3, -0.25) is 0 Å². The van der Waals surface area contributed by atoms with Crippen LogP contribution in [0.5, 0.6) is 0 Å². The summed E-state index contributed by atoms with van der Waals surface area (Å²) in [6.45, 7) is 0. The quantitative estimate of drug-likeness (QED) is 0.753. The average Bonchev–Trinajstić information content (AvgIpc) is 2.74. The fraction of sp³-hybridized carbons (Fsp3) is 0.500. The van der Waals surface area contributed by atoms with Crippen molar-refractivity contribution < 1.29 is 5.11 Å². The van der Waals surface area contributed by atoms with Gasteiger partial charge in [-0.15, -0.1) is 0 Å². The molecule has 1 saturated carbocycles. The van der Waals surface area contributed by atoms with E-state index in [1.807, 2.05) is 6.07 Å². The second-order valence-electron chi connectivity index (χ2n) is 4.48. The van der Waals surface area contributed by atoms with Gasteiger partial charge in [0.1, 0.15) is 0 Å². The minimum atomic E-state index is -0.528. The van der Waals surface area contributed by atoms with Gasteiger partial charge in [0.05, 0.1) is 5.60 Å². The molecule has 14 heavy (non-hydrogen) atoms. The molecule has 0 unspecified atom stereocenters. The van der Waals surface area contributed by atoms with E-state index in [1.54, 1.807) is 0 Å². The molecular formula is C12H13ClO. The first-order chi connectivity index (χ1) is 6.69. The Morgan fingerprint density at radius 3 is 2.71 bits per heavy atom. The van der Waals surface area contributed by atoms with Crippen molar-refractivity contribution in [3.05, 3.63) is 33.8 Å². The van der Waals surface area contributed by atoms with E-state index in [0.717, 1.165) is 36.3 Å². The van der Waals surface area contributed by atoms with Gasteiger partial charge in [0.15, 0.2) is 0 Å². The summed E-state index contributed by atoms with van der Waals surface area (Å²) in [5.41, 5.74) is 3.30. The zero-order chi connectivity index (χ0) is 9.76. The minimum absolute atomic E-state index is 0.528. The topological polar surface area (TPSA) is 20.2 Å². The maximum absolute atomic E-state index is 10.1. The first-order valence-corrected chi connectivity index (χ1v) is 5.61. The van der Waals surface area contributed by atoms with Crippen molar-refractivity contribution in [2.75, 3.05) is 0 Å². The van der Waals surface area contributed by atoms with E-state index in [2.05, 4.69) is 6.07 Å². The smallest absolute Gasteiger partial charge is 0.0902 e. The molecule has 2 aliphatic rings. The van der Waals surface area contributed by atoms with Crippen molar-refractivity contribution in [1.82, 2.24) is 0 Å². The van der Waals surface area contributed by atoms with Gasteiger partial charge in [0, 0.05) is 5.02 Å². The lowest BCUT2D eigenvalue weighted by Gasteiger charge is -2.14. The number of benzene rings is 1. The zero-order valence-corrected chi connectivity index (χ0v) is 8.77. The number of aliphatic hydroxyl groups is 1. The van der Waals surface area contributed by atoms with Gasteiger partial charge in [-0.25, -0.2) is 0 Å². The predicted molar refractivity (Wildman–Crippen MR) is 56.6 cm³/mol. The third-order valence-electron chi connectivity index (χ3n) is 3.40. The summed E-state index contributed by atoms with van der Waals surface area (Å²) in [5.74, 6) is 0. The lowest BCUT2D eigenvalue weighted by atomic mass is 9.97. The van der Waals surface area contributed by atoms with Crippen LogP contribution >= 0.6 is 11.6 Å². The highest BCUT2D eigenvalue weighted by molar-refractivity contribution is 6.30. The van der Waals surface area contributed by atoms with E-state index in [9.17, 15) is 5.11 Å². The number of hydrogen-bond acceptors (Lipinski definition) is 1. The van der Waals surface area contributed by atoms with Crippen LogP contribution in [-0.4, -0.2) is 5.11 Å². The highest BCUT2D eigenvalue weighted by Crippen LogP contribution is 2.49. The molecule has 0 aromatic heterocycles. The van der Waals surface area contributed by atoms with Gasteiger partial charge in [-0.2, -0.15) is 0 Å². The van der Waals surface area contributed by atoms with Gasteiger partial charge in [0.25, 0.3) is 0 Å². The van der Waals surface area contributed by atoms with Crippen molar-refractivity contribution in [2.24, 2.45) is 0 Å². The second-order valence-corrected chi connectivity index (χ2v) is 4.91. The molecule has 0 heterocycles. The highest BCUT2D eigenvalue weighted by Gasteiger charge is 2.44. The summed E-state index contributed by atoms with van der Waals surface area (Å²) in [7, 11) is 0. The molecule has 1 aromatic rings. The van der Waals surface area contributed by atoms with E-state index < -0.39 is 5.60 Å². The van der Waals surface area contributed by atoms with Crippen LogP contribution in [0.2, 0.25) is 5.02 Å². The monoisotopic (exact) mass is 208 g/mol. The standard InChI is InChI=1S/C12H13ClO/c13-9-6-8-2-1-3-10(8)11(7-9)12(14)4-5-12/h6-7,14H,1-5H2. The average molecular weight is 209 g/mol. The fourth-order valence-corrected chi connectivity index (χ4v) is 2.71.